The van der Waals surface area contributed by atoms with Crippen LogP contribution in [0.15, 0.2) is 30.9 Å². The summed E-state index contributed by atoms with van der Waals surface area (Å²) >= 11 is 0. The van der Waals surface area contributed by atoms with Crippen molar-refractivity contribution in [2.24, 2.45) is 5.92 Å². The van der Waals surface area contributed by atoms with Crippen LogP contribution in [0.3, 0.4) is 0 Å². The first-order valence-corrected chi connectivity index (χ1v) is 6.77. The molecule has 1 aliphatic carbocycles. The second kappa shape index (κ2) is 5.03. The van der Waals surface area contributed by atoms with Crippen LogP contribution < -0.4 is 5.32 Å². The van der Waals surface area contributed by atoms with Crippen molar-refractivity contribution in [3.05, 3.63) is 36.4 Å². The molecule has 20 heavy (non-hydrogen) atoms. The van der Waals surface area contributed by atoms with E-state index in [4.69, 9.17) is 0 Å². The molecule has 1 aliphatic rings. The lowest BCUT2D eigenvalue weighted by Gasteiger charge is -2.03. The Morgan fingerprint density at radius 3 is 2.80 bits per heavy atom. The van der Waals surface area contributed by atoms with Crippen LogP contribution in [-0.2, 0) is 4.79 Å². The minimum atomic E-state index is -0.00619. The van der Waals surface area contributed by atoms with Gasteiger partial charge in [-0.15, -0.1) is 5.10 Å². The van der Waals surface area contributed by atoms with Gasteiger partial charge in [0.05, 0.1) is 0 Å². The average molecular weight is 271 g/mol. The number of carbonyl (C=O) groups is 1. The van der Waals surface area contributed by atoms with E-state index < -0.39 is 0 Å². The van der Waals surface area contributed by atoms with E-state index in [0.717, 1.165) is 6.42 Å². The highest BCUT2D eigenvalue weighted by Crippen LogP contribution is 2.47. The Morgan fingerprint density at radius 1 is 1.40 bits per heavy atom. The predicted octanol–water partition coefficient (Wildman–Crippen LogP) is 2.00. The van der Waals surface area contributed by atoms with Gasteiger partial charge >= 0.3 is 0 Å². The zero-order valence-electron chi connectivity index (χ0n) is 11.5. The number of nitrogens with zero attached hydrogens (tertiary/aromatic N) is 4. The van der Waals surface area contributed by atoms with E-state index in [2.05, 4.69) is 20.4 Å². The number of hydrogen-bond donors (Lipinski definition) is 1. The molecular weight excluding hydrogens is 254 g/mol. The van der Waals surface area contributed by atoms with Gasteiger partial charge in [-0.3, -0.25) is 15.1 Å². The molecule has 0 bridgehead atoms. The van der Waals surface area contributed by atoms with E-state index in [1.807, 2.05) is 26.0 Å². The zero-order chi connectivity index (χ0) is 14.1. The molecule has 104 valence electrons. The summed E-state index contributed by atoms with van der Waals surface area (Å²) in [6.07, 6.45) is 6.03. The molecule has 6 heteroatoms. The van der Waals surface area contributed by atoms with Crippen molar-refractivity contribution in [1.82, 2.24) is 19.7 Å². The molecule has 1 saturated carbocycles. The fraction of sp³-hybridized carbons (Fsp3) is 0.429. The number of rotatable bonds is 4. The van der Waals surface area contributed by atoms with Crippen LogP contribution in [-0.4, -0.2) is 25.7 Å². The second-order valence-corrected chi connectivity index (χ2v) is 5.36. The molecule has 0 radical (unpaired) electrons. The highest BCUT2D eigenvalue weighted by Gasteiger charge is 2.44. The minimum Gasteiger partial charge on any atom is -0.293 e. The van der Waals surface area contributed by atoms with E-state index in [0.29, 0.717) is 11.9 Å². The third-order valence-electron chi connectivity index (χ3n) is 3.53. The highest BCUT2D eigenvalue weighted by molar-refractivity contribution is 5.93. The molecule has 2 atom stereocenters. The largest absolute Gasteiger partial charge is 0.293 e. The number of pyridine rings is 1. The van der Waals surface area contributed by atoms with Crippen molar-refractivity contribution in [3.63, 3.8) is 0 Å². The van der Waals surface area contributed by atoms with Gasteiger partial charge in [-0.05, 0) is 43.9 Å². The van der Waals surface area contributed by atoms with Crippen LogP contribution in [0.4, 0.5) is 5.95 Å². The molecule has 2 aromatic heterocycles. The molecule has 0 spiro atoms. The van der Waals surface area contributed by atoms with Gasteiger partial charge in [0.2, 0.25) is 11.9 Å². The first-order chi connectivity index (χ1) is 9.65. The lowest BCUT2D eigenvalue weighted by Crippen LogP contribution is -2.16. The summed E-state index contributed by atoms with van der Waals surface area (Å²) in [5.74, 6) is 0.686. The van der Waals surface area contributed by atoms with Crippen LogP contribution >= 0.6 is 0 Å². The van der Waals surface area contributed by atoms with Gasteiger partial charge in [0.25, 0.3) is 0 Å². The maximum Gasteiger partial charge on any atom is 0.248 e. The van der Waals surface area contributed by atoms with Crippen molar-refractivity contribution >= 4 is 11.9 Å². The van der Waals surface area contributed by atoms with E-state index in [9.17, 15) is 4.79 Å². The quantitative estimate of drug-likeness (QED) is 0.923. The summed E-state index contributed by atoms with van der Waals surface area (Å²) in [6.45, 7) is 4.03. The molecule has 6 nitrogen and oxygen atoms in total. The third kappa shape index (κ3) is 2.54. The van der Waals surface area contributed by atoms with Gasteiger partial charge in [-0.25, -0.2) is 9.67 Å². The Hall–Kier alpha value is -2.24. The Kier molecular flexibility index (Phi) is 3.22. The van der Waals surface area contributed by atoms with Crippen molar-refractivity contribution in [1.29, 1.82) is 0 Å². The Morgan fingerprint density at radius 2 is 2.15 bits per heavy atom. The molecule has 1 fully saturated rings. The van der Waals surface area contributed by atoms with Gasteiger partial charge in [0, 0.05) is 24.4 Å². The lowest BCUT2D eigenvalue weighted by atomic mass is 10.1. The van der Waals surface area contributed by atoms with Crippen molar-refractivity contribution < 1.29 is 4.79 Å². The Balaban J connectivity index is 1.61. The zero-order valence-corrected chi connectivity index (χ0v) is 11.5. The predicted molar refractivity (Wildman–Crippen MR) is 74.1 cm³/mol. The number of anilines is 1. The number of carbonyl (C=O) groups excluding carboxylic acids is 1. The van der Waals surface area contributed by atoms with Crippen LogP contribution in [0, 0.1) is 5.92 Å². The molecule has 2 aromatic rings. The summed E-state index contributed by atoms with van der Waals surface area (Å²) < 4.78 is 1.73. The summed E-state index contributed by atoms with van der Waals surface area (Å²) in [6, 6.07) is 4.16. The summed E-state index contributed by atoms with van der Waals surface area (Å²) in [4.78, 5) is 20.2. The minimum absolute atomic E-state index is 0.00619. The van der Waals surface area contributed by atoms with Crippen molar-refractivity contribution in [2.45, 2.75) is 32.2 Å². The first kappa shape index (κ1) is 12.8. The second-order valence-electron chi connectivity index (χ2n) is 5.36. The van der Waals surface area contributed by atoms with E-state index in [-0.39, 0.29) is 17.9 Å². The van der Waals surface area contributed by atoms with Gasteiger partial charge in [-0.1, -0.05) is 0 Å². The molecule has 1 N–H and O–H groups in total. The van der Waals surface area contributed by atoms with E-state index in [1.54, 1.807) is 23.4 Å². The maximum absolute atomic E-state index is 12.1. The number of aromatic nitrogens is 4. The Bertz CT molecular complexity index is 607. The molecule has 1 amide bonds. The fourth-order valence-corrected chi connectivity index (χ4v) is 2.25. The fourth-order valence-electron chi connectivity index (χ4n) is 2.25. The molecule has 0 saturated heterocycles. The van der Waals surface area contributed by atoms with Crippen LogP contribution in [0.2, 0.25) is 0 Å². The van der Waals surface area contributed by atoms with Crippen LogP contribution in [0.25, 0.3) is 0 Å². The summed E-state index contributed by atoms with van der Waals surface area (Å²) in [5, 5.41) is 7.00. The van der Waals surface area contributed by atoms with E-state index >= 15 is 0 Å². The highest BCUT2D eigenvalue weighted by atomic mass is 16.2. The third-order valence-corrected chi connectivity index (χ3v) is 3.53. The van der Waals surface area contributed by atoms with Gasteiger partial charge in [-0.2, -0.15) is 0 Å². The van der Waals surface area contributed by atoms with Gasteiger partial charge < -0.3 is 0 Å². The molecular formula is C14H17N5O. The molecule has 0 aliphatic heterocycles. The number of nitrogens with one attached hydrogen (secondary N) is 1. The first-order valence-electron chi connectivity index (χ1n) is 6.77. The maximum atomic E-state index is 12.1. The van der Waals surface area contributed by atoms with Gasteiger partial charge in [0.15, 0.2) is 0 Å². The SMILES string of the molecule is CC(C)n1cnc(NC(=O)[C@@H]2C[C@H]2c2ccncc2)n1. The number of amides is 1. The summed E-state index contributed by atoms with van der Waals surface area (Å²) in [5.41, 5.74) is 1.17. The number of hydrogen-bond acceptors (Lipinski definition) is 4. The molecule has 2 heterocycles. The molecule has 0 aromatic carbocycles. The van der Waals surface area contributed by atoms with Crippen molar-refractivity contribution in [3.8, 4) is 0 Å². The van der Waals surface area contributed by atoms with Crippen molar-refractivity contribution in [2.75, 3.05) is 5.32 Å². The monoisotopic (exact) mass is 271 g/mol. The average Bonchev–Trinajstić information content (AvgIpc) is 3.12. The Labute approximate surface area is 117 Å². The lowest BCUT2D eigenvalue weighted by molar-refractivity contribution is -0.117. The topological polar surface area (TPSA) is 72.7 Å². The van der Waals surface area contributed by atoms with E-state index in [1.165, 1.54) is 5.56 Å². The van der Waals surface area contributed by atoms with Crippen LogP contribution in [0.5, 0.6) is 0 Å². The summed E-state index contributed by atoms with van der Waals surface area (Å²) in [7, 11) is 0. The molecule has 0 unspecified atom stereocenters. The van der Waals surface area contributed by atoms with Crippen LogP contribution in [0.1, 0.15) is 37.8 Å². The smallest absolute Gasteiger partial charge is 0.248 e. The standard InChI is InChI=1S/C14H17N5O/c1-9(2)19-8-16-14(18-19)17-13(20)12-7-11(12)10-3-5-15-6-4-10/h3-6,8-9,11-12H,7H2,1-2H3,(H,17,18,20)/t11-,12+/m0/s1. The molecule has 3 rings (SSSR count). The van der Waals surface area contributed by atoms with Gasteiger partial charge in [0.1, 0.15) is 6.33 Å². The normalized spacial score (nSPS) is 20.9.